The van der Waals surface area contributed by atoms with E-state index in [4.69, 9.17) is 9.84 Å². The minimum atomic E-state index is -1.61. The zero-order valence-electron chi connectivity index (χ0n) is 9.60. The second kappa shape index (κ2) is 4.69. The number of carboxylic acids is 1. The average Bonchev–Trinajstić information content (AvgIpc) is 2.51. The van der Waals surface area contributed by atoms with Crippen molar-refractivity contribution in [2.75, 3.05) is 12.8 Å². The number of hydrogen-bond donors (Lipinski definition) is 1. The largest absolute Gasteiger partial charge is 0.480 e. The van der Waals surface area contributed by atoms with Gasteiger partial charge < -0.3 is 9.84 Å². The fourth-order valence-electron chi connectivity index (χ4n) is 1.90. The maximum atomic E-state index is 11.6. The van der Waals surface area contributed by atoms with Crippen LogP contribution in [-0.4, -0.2) is 49.0 Å². The lowest BCUT2D eigenvalue weighted by Crippen LogP contribution is -2.41. The van der Waals surface area contributed by atoms with Gasteiger partial charge >= 0.3 is 12.1 Å². The van der Waals surface area contributed by atoms with Crippen molar-refractivity contribution < 1.29 is 19.4 Å². The first kappa shape index (κ1) is 12.8. The second-order valence-electron chi connectivity index (χ2n) is 4.72. The van der Waals surface area contributed by atoms with E-state index in [1.807, 2.05) is 0 Å². The normalized spacial score (nSPS) is 22.9. The number of hydrogen-bond acceptors (Lipinski definition) is 3. The van der Waals surface area contributed by atoms with E-state index in [2.05, 4.69) is 19.7 Å². The first-order chi connectivity index (χ1) is 7.37. The monoisotopic (exact) mass is 243 g/mol. The number of nitrogens with zero attached hydrogens (tertiary/aromatic N) is 1. The van der Waals surface area contributed by atoms with Gasteiger partial charge in [-0.2, -0.15) is 0 Å². The van der Waals surface area contributed by atoms with E-state index in [-0.39, 0.29) is 6.61 Å². The molecule has 0 aromatic carbocycles. The topological polar surface area (TPSA) is 66.8 Å². The lowest BCUT2D eigenvalue weighted by atomic mass is 10.3. The molecule has 90 valence electrons. The Balaban J connectivity index is 2.73. The van der Waals surface area contributed by atoms with Crippen LogP contribution in [0.4, 0.5) is 4.79 Å². The minimum absolute atomic E-state index is 0.115. The number of carbonyl (C=O) groups is 2. The van der Waals surface area contributed by atoms with Gasteiger partial charge in [0.15, 0.2) is 0 Å². The summed E-state index contributed by atoms with van der Waals surface area (Å²) < 4.78 is 4.88. The first-order valence-corrected chi connectivity index (χ1v) is 8.56. The van der Waals surface area contributed by atoms with Gasteiger partial charge in [0.05, 0.1) is 8.07 Å². The Hall–Kier alpha value is -1.30. The molecule has 0 spiro atoms. The number of carboxylic acid groups (broad SMARTS) is 1. The maximum absolute atomic E-state index is 11.6. The molecular formula is C10H17NO4Si. The molecule has 1 atom stereocenters. The van der Waals surface area contributed by atoms with Crippen LogP contribution in [0.25, 0.3) is 0 Å². The third-order valence-corrected chi connectivity index (χ3v) is 5.25. The number of aliphatic carboxylic acids is 1. The Labute approximate surface area is 95.7 Å². The van der Waals surface area contributed by atoms with Crippen molar-refractivity contribution in [3.05, 3.63) is 12.7 Å². The highest BCUT2D eigenvalue weighted by Crippen LogP contribution is 2.27. The van der Waals surface area contributed by atoms with E-state index >= 15 is 0 Å². The SMILES string of the molecule is C=CCOC(=O)N1C[Si](C)(C)CC1C(=O)O. The molecule has 1 fully saturated rings. The van der Waals surface area contributed by atoms with Gasteiger partial charge in [0.2, 0.25) is 0 Å². The Morgan fingerprint density at radius 2 is 2.25 bits per heavy atom. The Kier molecular flexibility index (Phi) is 3.74. The van der Waals surface area contributed by atoms with Gasteiger partial charge in [0.25, 0.3) is 0 Å². The lowest BCUT2D eigenvalue weighted by Gasteiger charge is -2.21. The molecule has 1 saturated heterocycles. The summed E-state index contributed by atoms with van der Waals surface area (Å²) in [7, 11) is -1.61. The van der Waals surface area contributed by atoms with E-state index in [9.17, 15) is 9.59 Å². The number of rotatable bonds is 3. The molecule has 0 radical (unpaired) electrons. The van der Waals surface area contributed by atoms with Gasteiger partial charge in [-0.3, -0.25) is 4.90 Å². The standard InChI is InChI=1S/C10H17NO4Si/c1-4-5-15-10(14)11-7-16(2,3)6-8(11)9(12)13/h4,8H,1,5-7H2,2-3H3,(H,12,13). The molecule has 0 aromatic heterocycles. The van der Waals surface area contributed by atoms with Crippen molar-refractivity contribution in [3.63, 3.8) is 0 Å². The molecule has 1 amide bonds. The van der Waals surface area contributed by atoms with Crippen LogP contribution in [0.3, 0.4) is 0 Å². The quantitative estimate of drug-likeness (QED) is 0.600. The predicted molar refractivity (Wildman–Crippen MR) is 62.0 cm³/mol. The van der Waals surface area contributed by atoms with Crippen molar-refractivity contribution in [1.29, 1.82) is 0 Å². The van der Waals surface area contributed by atoms with Crippen molar-refractivity contribution >= 4 is 20.1 Å². The molecule has 0 aliphatic carbocycles. The smallest absolute Gasteiger partial charge is 0.410 e. The minimum Gasteiger partial charge on any atom is -0.480 e. The number of carbonyl (C=O) groups excluding carboxylic acids is 1. The van der Waals surface area contributed by atoms with Crippen molar-refractivity contribution in [3.8, 4) is 0 Å². The van der Waals surface area contributed by atoms with Crippen LogP contribution in [0.1, 0.15) is 0 Å². The molecule has 0 aromatic rings. The van der Waals surface area contributed by atoms with Gasteiger partial charge in [0.1, 0.15) is 12.6 Å². The van der Waals surface area contributed by atoms with Gasteiger partial charge in [-0.1, -0.05) is 25.7 Å². The van der Waals surface area contributed by atoms with Crippen molar-refractivity contribution in [2.45, 2.75) is 25.2 Å². The van der Waals surface area contributed by atoms with Crippen LogP contribution in [0, 0.1) is 0 Å². The van der Waals surface area contributed by atoms with Gasteiger partial charge in [0, 0.05) is 6.17 Å². The molecular weight excluding hydrogens is 226 g/mol. The van der Waals surface area contributed by atoms with Crippen molar-refractivity contribution in [2.24, 2.45) is 0 Å². The van der Waals surface area contributed by atoms with E-state index in [0.717, 1.165) is 0 Å². The van der Waals surface area contributed by atoms with Gasteiger partial charge in [-0.05, 0) is 6.04 Å². The molecule has 1 unspecified atom stereocenters. The van der Waals surface area contributed by atoms with Crippen molar-refractivity contribution in [1.82, 2.24) is 4.90 Å². The van der Waals surface area contributed by atoms with Crippen LogP contribution >= 0.6 is 0 Å². The molecule has 1 heterocycles. The third-order valence-electron chi connectivity index (χ3n) is 2.56. The number of ether oxygens (including phenoxy) is 1. The number of amides is 1. The summed E-state index contributed by atoms with van der Waals surface area (Å²) in [5, 5.41) is 9.04. The fourth-order valence-corrected chi connectivity index (χ4v) is 4.74. The predicted octanol–water partition coefficient (Wildman–Crippen LogP) is 1.33. The van der Waals surface area contributed by atoms with Crippen LogP contribution in [0.15, 0.2) is 12.7 Å². The van der Waals surface area contributed by atoms with Crippen LogP contribution in [0.2, 0.25) is 19.1 Å². The molecule has 1 aliphatic rings. The Morgan fingerprint density at radius 1 is 1.62 bits per heavy atom. The van der Waals surface area contributed by atoms with E-state index < -0.39 is 26.2 Å². The molecule has 16 heavy (non-hydrogen) atoms. The van der Waals surface area contributed by atoms with E-state index in [1.165, 1.54) is 11.0 Å². The summed E-state index contributed by atoms with van der Waals surface area (Å²) in [5.41, 5.74) is 0. The summed E-state index contributed by atoms with van der Waals surface area (Å²) in [4.78, 5) is 24.0. The highest BCUT2D eigenvalue weighted by Gasteiger charge is 2.45. The molecule has 5 nitrogen and oxygen atoms in total. The third kappa shape index (κ3) is 2.85. The van der Waals surface area contributed by atoms with Crippen LogP contribution in [0.5, 0.6) is 0 Å². The van der Waals surface area contributed by atoms with Gasteiger partial charge in [-0.25, -0.2) is 9.59 Å². The molecule has 0 saturated carbocycles. The van der Waals surface area contributed by atoms with E-state index in [0.29, 0.717) is 12.2 Å². The Bertz CT molecular complexity index is 316. The lowest BCUT2D eigenvalue weighted by molar-refractivity contribution is -0.141. The summed E-state index contributed by atoms with van der Waals surface area (Å²) >= 11 is 0. The fraction of sp³-hybridized carbons (Fsp3) is 0.600. The highest BCUT2D eigenvalue weighted by molar-refractivity contribution is 6.78. The zero-order valence-corrected chi connectivity index (χ0v) is 10.6. The molecule has 1 N–H and O–H groups in total. The Morgan fingerprint density at radius 3 is 2.75 bits per heavy atom. The second-order valence-corrected chi connectivity index (χ2v) is 9.77. The first-order valence-electron chi connectivity index (χ1n) is 5.14. The molecule has 6 heteroatoms. The maximum Gasteiger partial charge on any atom is 0.410 e. The molecule has 1 aliphatic heterocycles. The van der Waals surface area contributed by atoms with Crippen LogP contribution in [-0.2, 0) is 9.53 Å². The summed E-state index contributed by atoms with van der Waals surface area (Å²) in [6, 6.07) is -0.134. The molecule has 0 bridgehead atoms. The van der Waals surface area contributed by atoms with Gasteiger partial charge in [-0.15, -0.1) is 0 Å². The van der Waals surface area contributed by atoms with Crippen LogP contribution < -0.4 is 0 Å². The van der Waals surface area contributed by atoms with E-state index in [1.54, 1.807) is 0 Å². The highest BCUT2D eigenvalue weighted by atomic mass is 28.3. The average molecular weight is 243 g/mol. The summed E-state index contributed by atoms with van der Waals surface area (Å²) in [6.45, 7) is 7.70. The zero-order chi connectivity index (χ0) is 12.3. The summed E-state index contributed by atoms with van der Waals surface area (Å²) in [6.07, 6.45) is 1.46. The summed E-state index contributed by atoms with van der Waals surface area (Å²) in [5.74, 6) is -0.950. The molecule has 1 rings (SSSR count).